The molecule has 0 aliphatic carbocycles. The molecule has 8 rings (SSSR count). The number of fused-ring (bicyclic) bond motifs is 4. The molecule has 0 amide bonds. The van der Waals surface area contributed by atoms with Crippen molar-refractivity contribution in [3.8, 4) is 17.3 Å². The molecular weight excluding hydrogens is 892 g/mol. The molecule has 1 aliphatic rings. The molecule has 5 aromatic carbocycles. The van der Waals surface area contributed by atoms with Crippen LogP contribution in [0.5, 0.6) is 11.5 Å². The average molecular weight is 947 g/mol. The third kappa shape index (κ3) is 8.08. The van der Waals surface area contributed by atoms with Crippen molar-refractivity contribution in [2.75, 3.05) is 9.80 Å². The molecule has 7 aromatic rings. The quantitative estimate of drug-likeness (QED) is 0.149. The normalized spacial score (nSPS) is 13.4. The smallest absolute Gasteiger partial charge is 0.135 e. The van der Waals surface area contributed by atoms with Gasteiger partial charge in [0.25, 0.3) is 0 Å². The summed E-state index contributed by atoms with van der Waals surface area (Å²) < 4.78 is 8.82. The van der Waals surface area contributed by atoms with Gasteiger partial charge < -0.3 is 19.1 Å². The molecule has 302 valence electrons. The van der Waals surface area contributed by atoms with Gasteiger partial charge in [-0.1, -0.05) is 112 Å². The number of aromatic nitrogens is 2. The van der Waals surface area contributed by atoms with Crippen LogP contribution in [0.15, 0.2) is 109 Å². The third-order valence-electron chi connectivity index (χ3n) is 11.0. The molecule has 0 N–H and O–H groups in total. The maximum Gasteiger partial charge on any atom is 0.135 e. The first kappa shape index (κ1) is 41.3. The minimum absolute atomic E-state index is 0. The first-order valence-electron chi connectivity index (χ1n) is 20.3. The van der Waals surface area contributed by atoms with E-state index < -0.39 is 0 Å². The summed E-state index contributed by atoms with van der Waals surface area (Å²) in [6.07, 6.45) is 2.92. The van der Waals surface area contributed by atoms with Crippen LogP contribution < -0.4 is 14.5 Å². The number of anilines is 4. The number of rotatable bonds is 7. The molecule has 0 atom stereocenters. The summed E-state index contributed by atoms with van der Waals surface area (Å²) in [6.45, 7) is 27.2. The minimum Gasteiger partial charge on any atom is -0.509 e. The zero-order valence-electron chi connectivity index (χ0n) is 35.8. The van der Waals surface area contributed by atoms with Gasteiger partial charge in [0.1, 0.15) is 5.82 Å². The molecule has 1 aliphatic heterocycles. The van der Waals surface area contributed by atoms with Crippen molar-refractivity contribution >= 4 is 44.6 Å². The molecule has 2 aromatic heterocycles. The number of benzene rings is 5. The summed E-state index contributed by atoms with van der Waals surface area (Å²) in [7, 11) is 0. The molecule has 0 fully saturated rings. The Morgan fingerprint density at radius 3 is 2.02 bits per heavy atom. The fourth-order valence-electron chi connectivity index (χ4n) is 7.75. The van der Waals surface area contributed by atoms with Crippen LogP contribution >= 0.6 is 0 Å². The number of hydrogen-bond acceptors (Lipinski definition) is 4. The fraction of sp³-hybridized carbons (Fsp3) is 0.308. The van der Waals surface area contributed by atoms with Crippen molar-refractivity contribution in [1.82, 2.24) is 9.55 Å². The Hall–Kier alpha value is -4.86. The maximum absolute atomic E-state index is 6.62. The number of nitrogens with zero attached hydrogens (tertiary/aromatic N) is 4. The Bertz CT molecular complexity index is 2580. The molecule has 58 heavy (non-hydrogen) atoms. The molecular formula is C52H55N4OPt-3. The van der Waals surface area contributed by atoms with Crippen LogP contribution in [0, 0.1) is 24.7 Å². The van der Waals surface area contributed by atoms with E-state index in [0.29, 0.717) is 17.4 Å². The van der Waals surface area contributed by atoms with Crippen molar-refractivity contribution < 1.29 is 25.8 Å². The topological polar surface area (TPSA) is 33.5 Å². The van der Waals surface area contributed by atoms with Crippen molar-refractivity contribution in [2.45, 2.75) is 98.8 Å². The van der Waals surface area contributed by atoms with E-state index in [9.17, 15) is 0 Å². The van der Waals surface area contributed by atoms with Crippen LogP contribution in [0.2, 0.25) is 0 Å². The van der Waals surface area contributed by atoms with Crippen molar-refractivity contribution in [1.29, 1.82) is 0 Å². The molecule has 5 nitrogen and oxygen atoms in total. The molecule has 0 bridgehead atoms. The summed E-state index contributed by atoms with van der Waals surface area (Å²) in [5.41, 5.74) is 11.5. The summed E-state index contributed by atoms with van der Waals surface area (Å²) >= 11 is 0. The molecule has 0 saturated carbocycles. The van der Waals surface area contributed by atoms with Crippen LogP contribution in [0.25, 0.3) is 27.6 Å². The molecule has 3 heterocycles. The Labute approximate surface area is 360 Å². The summed E-state index contributed by atoms with van der Waals surface area (Å²) in [6, 6.07) is 44.2. The number of ether oxygens (including phenoxy) is 1. The predicted octanol–water partition coefficient (Wildman–Crippen LogP) is 14.1. The Morgan fingerprint density at radius 2 is 1.33 bits per heavy atom. The molecule has 0 spiro atoms. The molecule has 0 unspecified atom stereocenters. The third-order valence-corrected chi connectivity index (χ3v) is 11.0. The van der Waals surface area contributed by atoms with Gasteiger partial charge in [-0.15, -0.1) is 48.1 Å². The van der Waals surface area contributed by atoms with Crippen molar-refractivity contribution in [3.05, 3.63) is 150 Å². The van der Waals surface area contributed by atoms with Gasteiger partial charge >= 0.3 is 0 Å². The van der Waals surface area contributed by atoms with Gasteiger partial charge in [0.15, 0.2) is 0 Å². The van der Waals surface area contributed by atoms with Gasteiger partial charge in [0.2, 0.25) is 0 Å². The second kappa shape index (κ2) is 15.4. The Kier molecular flexibility index (Phi) is 11.0. The van der Waals surface area contributed by atoms with Crippen molar-refractivity contribution in [2.24, 2.45) is 5.92 Å². The van der Waals surface area contributed by atoms with E-state index in [2.05, 4.69) is 194 Å². The minimum atomic E-state index is -0.0121. The number of hydrogen-bond donors (Lipinski definition) is 0. The average Bonchev–Trinajstić information content (AvgIpc) is 3.69. The fourth-order valence-corrected chi connectivity index (χ4v) is 7.75. The van der Waals surface area contributed by atoms with Crippen LogP contribution in [0.4, 0.5) is 22.7 Å². The summed E-state index contributed by atoms with van der Waals surface area (Å²) in [4.78, 5) is 9.44. The van der Waals surface area contributed by atoms with Gasteiger partial charge in [-0.05, 0) is 98.7 Å². The zero-order valence-corrected chi connectivity index (χ0v) is 38.0. The monoisotopic (exact) mass is 946 g/mol. The van der Waals surface area contributed by atoms with Crippen molar-refractivity contribution in [3.63, 3.8) is 0 Å². The molecule has 0 radical (unpaired) electrons. The molecule has 0 saturated heterocycles. The van der Waals surface area contributed by atoms with Gasteiger partial charge in [-0.3, -0.25) is 0 Å². The second-order valence-electron chi connectivity index (χ2n) is 19.1. The Morgan fingerprint density at radius 1 is 0.638 bits per heavy atom. The van der Waals surface area contributed by atoms with E-state index in [1.165, 1.54) is 22.3 Å². The largest absolute Gasteiger partial charge is 0.509 e. The first-order chi connectivity index (χ1) is 26.9. The van der Waals surface area contributed by atoms with Crippen LogP contribution in [-0.2, 0) is 43.7 Å². The first-order valence-corrected chi connectivity index (χ1v) is 20.3. The summed E-state index contributed by atoms with van der Waals surface area (Å²) in [5.74, 6) is 2.65. The molecule has 6 heteroatoms. The second-order valence-corrected chi connectivity index (χ2v) is 19.1. The van der Waals surface area contributed by atoms with E-state index in [-0.39, 0.29) is 37.3 Å². The Balaban J connectivity index is 0.00000512. The maximum atomic E-state index is 6.62. The van der Waals surface area contributed by atoms with E-state index in [1.807, 2.05) is 24.4 Å². The van der Waals surface area contributed by atoms with E-state index in [4.69, 9.17) is 9.72 Å². The van der Waals surface area contributed by atoms with E-state index in [1.54, 1.807) is 0 Å². The van der Waals surface area contributed by atoms with E-state index in [0.717, 1.165) is 56.8 Å². The standard InChI is InChI=1S/C52H55N4O.Pt/c1-34(2)25-35-19-22-46-48(26-35)55(40-28-37(51(6,7)8)27-38(29-40)52(9,10)11)33-54(46)39-15-14-16-41(31-39)57-42-20-21-44-43-17-12-13-18-45(43)56(47(44)32-42)49-30-36(23-24-53-49)50(3,4)5;/h12-24,26-30,33-34H,25H2,1-11H3;/q-3;. The number of para-hydroxylation sites is 1. The summed E-state index contributed by atoms with van der Waals surface area (Å²) in [5, 5.41) is 2.25. The van der Waals surface area contributed by atoms with Crippen LogP contribution in [-0.4, -0.2) is 9.55 Å². The van der Waals surface area contributed by atoms with Crippen LogP contribution in [0.1, 0.15) is 98.4 Å². The van der Waals surface area contributed by atoms with Gasteiger partial charge in [0, 0.05) is 61.3 Å². The van der Waals surface area contributed by atoms with Crippen LogP contribution in [0.3, 0.4) is 0 Å². The van der Waals surface area contributed by atoms with Gasteiger partial charge in [-0.25, -0.2) is 4.98 Å². The SMILES string of the molecule is CC(C)Cc1ccc2c(c1)N(c1cc(C(C)(C)C)cc(C(C)(C)C)c1)[CH-]N2c1[c-]c(Oc2[c-]c3c(cc2)c2ccccc2n3-c2cc(C(C)(C)C)ccn2)ccc1.[Pt]. The zero-order chi connectivity index (χ0) is 40.4. The van der Waals surface area contributed by atoms with E-state index >= 15 is 0 Å². The number of pyridine rings is 1. The predicted molar refractivity (Wildman–Crippen MR) is 239 cm³/mol. The van der Waals surface area contributed by atoms with Gasteiger partial charge in [-0.2, -0.15) is 12.1 Å². The van der Waals surface area contributed by atoms with Gasteiger partial charge in [0.05, 0.1) is 0 Å².